The van der Waals surface area contributed by atoms with Crippen LogP contribution in [0.25, 0.3) is 11.2 Å². The second kappa shape index (κ2) is 9.84. The van der Waals surface area contributed by atoms with E-state index in [0.29, 0.717) is 11.2 Å². The van der Waals surface area contributed by atoms with Gasteiger partial charge in [-0.25, -0.2) is 4.98 Å². The molecule has 6 atom stereocenters. The van der Waals surface area contributed by atoms with E-state index in [1.165, 1.54) is 15.8 Å². The molecular formula is C22H27ClN5O8P. The van der Waals surface area contributed by atoms with Crippen molar-refractivity contribution in [3.8, 4) is 0 Å². The van der Waals surface area contributed by atoms with E-state index in [1.54, 1.807) is 6.07 Å². The molecule has 6 N–H and O–H groups in total. The van der Waals surface area contributed by atoms with E-state index in [-0.39, 0.29) is 16.8 Å². The van der Waals surface area contributed by atoms with Crippen LogP contribution in [-0.2, 0) is 20.5 Å². The second-order valence-corrected chi connectivity index (χ2v) is 11.8. The van der Waals surface area contributed by atoms with Gasteiger partial charge in [0.05, 0.1) is 24.9 Å². The molecule has 1 saturated heterocycles. The normalized spacial score (nSPS) is 27.4. The zero-order valence-corrected chi connectivity index (χ0v) is 21.3. The van der Waals surface area contributed by atoms with Crippen molar-refractivity contribution in [2.45, 2.75) is 55.7 Å². The van der Waals surface area contributed by atoms with Crippen molar-refractivity contribution in [1.29, 1.82) is 0 Å². The minimum Gasteiger partial charge on any atom is -0.393 e. The molecular weight excluding hydrogens is 529 g/mol. The molecule has 3 aromatic rings. The number of nitrogens with one attached hydrogen (secondary N) is 1. The summed E-state index contributed by atoms with van der Waals surface area (Å²) in [5, 5.41) is 40.3. The molecule has 2 aliphatic rings. The van der Waals surface area contributed by atoms with E-state index in [0.717, 1.165) is 19.8 Å². The molecule has 5 rings (SSSR count). The highest BCUT2D eigenvalue weighted by atomic mass is 35.5. The van der Waals surface area contributed by atoms with Gasteiger partial charge in [0.15, 0.2) is 22.7 Å². The smallest absolute Gasteiger partial charge is 0.359 e. The number of aromatic nitrogens is 4. The van der Waals surface area contributed by atoms with Crippen molar-refractivity contribution < 1.29 is 39.1 Å². The first-order valence-electron chi connectivity index (χ1n) is 11.6. The van der Waals surface area contributed by atoms with Crippen LogP contribution in [0.4, 0.5) is 5.69 Å². The van der Waals surface area contributed by atoms with E-state index >= 15 is 0 Å². The zero-order valence-electron chi connectivity index (χ0n) is 19.7. The summed E-state index contributed by atoms with van der Waals surface area (Å²) >= 11 is 6.31. The van der Waals surface area contributed by atoms with Gasteiger partial charge in [0.1, 0.15) is 23.5 Å². The Hall–Kier alpha value is -2.19. The van der Waals surface area contributed by atoms with Gasteiger partial charge in [-0.05, 0) is 30.9 Å². The number of aryl methyl sites for hydroxylation is 1. The Bertz CT molecular complexity index is 1350. The van der Waals surface area contributed by atoms with Crippen LogP contribution in [0.5, 0.6) is 0 Å². The lowest BCUT2D eigenvalue weighted by atomic mass is 10.1. The molecule has 0 radical (unpaired) electrons. The fourth-order valence-corrected chi connectivity index (χ4v) is 5.23. The van der Waals surface area contributed by atoms with E-state index in [4.69, 9.17) is 21.1 Å². The van der Waals surface area contributed by atoms with E-state index in [1.807, 2.05) is 12.1 Å². The molecule has 0 spiro atoms. The van der Waals surface area contributed by atoms with Gasteiger partial charge >= 0.3 is 7.60 Å². The number of aliphatic hydroxyl groups excluding tert-OH is 3. The first kappa shape index (κ1) is 26.4. The lowest BCUT2D eigenvalue weighted by Gasteiger charge is -2.29. The number of anilines is 1. The topological polar surface area (TPSA) is 192 Å². The Kier molecular flexibility index (Phi) is 7.03. The number of hydrogen-bond donors (Lipinski definition) is 6. The molecule has 1 aliphatic carbocycles. The van der Waals surface area contributed by atoms with Crippen molar-refractivity contribution in [2.24, 2.45) is 0 Å². The van der Waals surface area contributed by atoms with Crippen LogP contribution in [0.2, 0.25) is 5.15 Å². The number of aliphatic hydroxyl groups is 3. The van der Waals surface area contributed by atoms with Crippen LogP contribution in [-0.4, -0.2) is 82.0 Å². The highest BCUT2D eigenvalue weighted by Gasteiger charge is 2.49. The molecule has 1 aliphatic heterocycles. The third kappa shape index (κ3) is 4.76. The Morgan fingerprint density at radius 2 is 2.05 bits per heavy atom. The maximum absolute atomic E-state index is 11.7. The van der Waals surface area contributed by atoms with Gasteiger partial charge in [0.2, 0.25) is 0 Å². The number of rotatable bonds is 8. The largest absolute Gasteiger partial charge is 0.393 e. The molecule has 37 heavy (non-hydrogen) atoms. The lowest BCUT2D eigenvalue weighted by Crippen LogP contribution is -2.39. The summed E-state index contributed by atoms with van der Waals surface area (Å²) in [7, 11) is -4.85. The Balaban J connectivity index is 1.39. The monoisotopic (exact) mass is 555 g/mol. The van der Waals surface area contributed by atoms with E-state index < -0.39 is 50.7 Å². The van der Waals surface area contributed by atoms with Crippen molar-refractivity contribution in [3.63, 3.8) is 0 Å². The highest BCUT2D eigenvalue weighted by Crippen LogP contribution is 2.51. The Labute approximate surface area is 216 Å². The highest BCUT2D eigenvalue weighted by molar-refractivity contribution is 7.53. The fourth-order valence-electron chi connectivity index (χ4n) is 4.62. The molecule has 0 bridgehead atoms. The third-order valence-corrected chi connectivity index (χ3v) is 8.61. The number of fused-ring (bicyclic) bond motifs is 2. The molecule has 2 unspecified atom stereocenters. The summed E-state index contributed by atoms with van der Waals surface area (Å²) < 4.78 is 23.9. The molecule has 2 aromatic heterocycles. The van der Waals surface area contributed by atoms with Gasteiger partial charge in [0, 0.05) is 6.07 Å². The number of benzene rings is 1. The van der Waals surface area contributed by atoms with Gasteiger partial charge in [-0.1, -0.05) is 41.1 Å². The number of nitrogens with zero attached hydrogens (tertiary/aromatic N) is 4. The molecule has 1 fully saturated rings. The van der Waals surface area contributed by atoms with Gasteiger partial charge in [-0.2, -0.15) is 4.68 Å². The summed E-state index contributed by atoms with van der Waals surface area (Å²) in [5.74, 6) is 0. The van der Waals surface area contributed by atoms with Gasteiger partial charge in [-0.3, -0.25) is 4.57 Å². The average molecular weight is 556 g/mol. The van der Waals surface area contributed by atoms with E-state index in [2.05, 4.69) is 32.7 Å². The van der Waals surface area contributed by atoms with Gasteiger partial charge < -0.3 is 39.9 Å². The molecule has 13 nitrogen and oxygen atoms in total. The van der Waals surface area contributed by atoms with Crippen molar-refractivity contribution in [2.75, 3.05) is 18.5 Å². The maximum atomic E-state index is 11.7. The van der Waals surface area contributed by atoms with Crippen LogP contribution in [0.1, 0.15) is 36.7 Å². The van der Waals surface area contributed by atoms with Crippen LogP contribution in [0.15, 0.2) is 30.3 Å². The predicted molar refractivity (Wildman–Crippen MR) is 131 cm³/mol. The molecule has 15 heteroatoms. The minimum absolute atomic E-state index is 0.0366. The van der Waals surface area contributed by atoms with Crippen molar-refractivity contribution >= 4 is 36.0 Å². The number of pyridine rings is 1. The number of halogens is 1. The standard InChI is InChI=1S/C22H27ClN5O8P/c1-22(10-29,37(32,33)34)35-9-15-18(30)19(31)21(36-15)28-20-17(26-27-28)14(8-16(23)25-20)24-13-7-6-11-4-2-3-5-12(11)13/h2-5,8,13,15,18-19,21,29-31H,6-7,9-10H2,1H3,(H,24,25)(H2,32,33,34)/t13?,15-,18-,19-,21-,22?/m1/s1. The van der Waals surface area contributed by atoms with Crippen LogP contribution in [0.3, 0.4) is 0 Å². The molecule has 200 valence electrons. The van der Waals surface area contributed by atoms with Crippen LogP contribution < -0.4 is 5.32 Å². The lowest BCUT2D eigenvalue weighted by molar-refractivity contribution is -0.104. The average Bonchev–Trinajstić information content (AvgIpc) is 3.54. The molecule has 1 aromatic carbocycles. The summed E-state index contributed by atoms with van der Waals surface area (Å²) in [6.07, 6.45) is -3.60. The first-order chi connectivity index (χ1) is 17.5. The number of ether oxygens (including phenoxy) is 2. The predicted octanol–water partition coefficient (Wildman–Crippen LogP) is 1.10. The Morgan fingerprint density at radius 3 is 2.78 bits per heavy atom. The van der Waals surface area contributed by atoms with Crippen molar-refractivity contribution in [3.05, 3.63) is 46.6 Å². The quantitative estimate of drug-likeness (QED) is 0.171. The second-order valence-electron chi connectivity index (χ2n) is 9.37. The summed E-state index contributed by atoms with van der Waals surface area (Å²) in [6.45, 7) is -0.452. The summed E-state index contributed by atoms with van der Waals surface area (Å²) in [4.78, 5) is 23.3. The zero-order chi connectivity index (χ0) is 26.5. The maximum Gasteiger partial charge on any atom is 0.359 e. The van der Waals surface area contributed by atoms with Crippen LogP contribution >= 0.6 is 19.2 Å². The third-order valence-electron chi connectivity index (χ3n) is 6.91. The minimum atomic E-state index is -4.85. The summed E-state index contributed by atoms with van der Waals surface area (Å²) in [6, 6.07) is 9.82. The molecule has 0 amide bonds. The summed E-state index contributed by atoms with van der Waals surface area (Å²) in [5.41, 5.74) is 3.63. The van der Waals surface area contributed by atoms with Crippen LogP contribution in [0, 0.1) is 0 Å². The molecule has 3 heterocycles. The molecule has 0 saturated carbocycles. The SMILES string of the molecule is CC(CO)(OC[C@H]1O[C@@H](n2nnc3c(NC4CCc5ccccc54)cc(Cl)nc32)[C@H](O)[C@@H]1O)P(=O)(O)O. The van der Waals surface area contributed by atoms with Crippen molar-refractivity contribution in [1.82, 2.24) is 20.0 Å². The van der Waals surface area contributed by atoms with Gasteiger partial charge in [-0.15, -0.1) is 5.10 Å². The fraction of sp³-hybridized carbons (Fsp3) is 0.500. The Morgan fingerprint density at radius 1 is 1.30 bits per heavy atom. The van der Waals surface area contributed by atoms with E-state index in [9.17, 15) is 29.7 Å². The first-order valence-corrected chi connectivity index (χ1v) is 13.6. The number of hydrogen-bond acceptors (Lipinski definition) is 10. The van der Waals surface area contributed by atoms with Gasteiger partial charge in [0.25, 0.3) is 0 Å².